The molecule has 0 spiro atoms. The molecular weight excluding hydrogens is 493 g/mol. The number of alkyl halides is 3. The van der Waals surface area contributed by atoms with E-state index in [0.717, 1.165) is 17.7 Å². The van der Waals surface area contributed by atoms with Gasteiger partial charge in [-0.25, -0.2) is 9.78 Å². The Morgan fingerprint density at radius 2 is 2.08 bits per heavy atom. The van der Waals surface area contributed by atoms with Crippen molar-refractivity contribution in [2.24, 2.45) is 17.8 Å². The summed E-state index contributed by atoms with van der Waals surface area (Å²) in [6.07, 6.45) is -2.52. The van der Waals surface area contributed by atoms with Gasteiger partial charge in [0, 0.05) is 35.4 Å². The normalized spacial score (nSPS) is 32.4. The van der Waals surface area contributed by atoms with E-state index in [1.165, 1.54) is 0 Å². The summed E-state index contributed by atoms with van der Waals surface area (Å²) >= 11 is 0. The quantitative estimate of drug-likeness (QED) is 0.424. The molecular formula is C24H27F3N6O4. The first-order valence-electron chi connectivity index (χ1n) is 12.3. The minimum Gasteiger partial charge on any atom is -0.452 e. The first-order chi connectivity index (χ1) is 17.6. The Labute approximate surface area is 210 Å². The highest BCUT2D eigenvalue weighted by atomic mass is 19.4. The monoisotopic (exact) mass is 520 g/mol. The van der Waals surface area contributed by atoms with Crippen molar-refractivity contribution in [2.75, 3.05) is 23.8 Å². The molecule has 37 heavy (non-hydrogen) atoms. The molecule has 0 aromatic carbocycles. The minimum atomic E-state index is -5.13. The topological polar surface area (TPSA) is 134 Å². The van der Waals surface area contributed by atoms with Gasteiger partial charge >= 0.3 is 12.1 Å². The summed E-state index contributed by atoms with van der Waals surface area (Å²) in [6, 6.07) is 3.24. The van der Waals surface area contributed by atoms with Crippen molar-refractivity contribution in [1.82, 2.24) is 20.2 Å². The Kier molecular flexibility index (Phi) is 5.68. The number of esters is 1. The fraction of sp³-hybridized carbons (Fsp3) is 0.583. The van der Waals surface area contributed by atoms with E-state index in [9.17, 15) is 23.1 Å². The van der Waals surface area contributed by atoms with Crippen LogP contribution in [0.2, 0.25) is 0 Å². The average molecular weight is 521 g/mol. The lowest BCUT2D eigenvalue weighted by Gasteiger charge is -2.61. The number of rotatable bonds is 6. The number of ether oxygens (including phenoxy) is 2. The number of hydrogen-bond acceptors (Lipinski definition) is 9. The number of aromatic nitrogens is 4. The zero-order valence-electron chi connectivity index (χ0n) is 20.0. The Morgan fingerprint density at radius 1 is 1.24 bits per heavy atom. The van der Waals surface area contributed by atoms with E-state index in [1.54, 1.807) is 6.07 Å². The highest BCUT2D eigenvalue weighted by molar-refractivity contribution is 5.76. The highest BCUT2D eigenvalue weighted by Gasteiger charge is 2.63. The standard InChI is InChI=1S/C24H27F3N6O4/c1-11-4-18(33-32-11)29-17-7-16(13-2-3-36-10-13)28-22(30-17)31-19-14-5-12-6-15(19)20(23(35,8-12)9-14)37-21(34)24(25,26)27/h2,4,7,12,14-15,19-20,35H,3,5-6,8-10H2,1H3,(H3,28,29,30,31,32,33). The number of aryl methyl sites for hydroxylation is 1. The summed E-state index contributed by atoms with van der Waals surface area (Å²) < 4.78 is 49.5. The molecule has 0 amide bonds. The van der Waals surface area contributed by atoms with Crippen LogP contribution in [0.5, 0.6) is 0 Å². The molecule has 7 rings (SSSR count). The van der Waals surface area contributed by atoms with E-state index in [0.29, 0.717) is 43.4 Å². The Hall–Kier alpha value is -3.19. The summed E-state index contributed by atoms with van der Waals surface area (Å²) in [7, 11) is 0. The number of carbonyl (C=O) groups excluding carboxylic acids is 1. The van der Waals surface area contributed by atoms with Gasteiger partial charge in [0.2, 0.25) is 5.95 Å². The van der Waals surface area contributed by atoms with Crippen molar-refractivity contribution in [3.8, 4) is 0 Å². The summed E-state index contributed by atoms with van der Waals surface area (Å²) in [5.41, 5.74) is 0.942. The van der Waals surface area contributed by atoms with Gasteiger partial charge in [-0.2, -0.15) is 23.3 Å². The molecule has 2 aromatic heterocycles. The van der Waals surface area contributed by atoms with Gasteiger partial charge in [0.1, 0.15) is 17.5 Å². The second-order valence-corrected chi connectivity index (χ2v) is 10.5. The molecule has 6 unspecified atom stereocenters. The van der Waals surface area contributed by atoms with Crippen molar-refractivity contribution < 1.29 is 32.5 Å². The van der Waals surface area contributed by atoms with Crippen LogP contribution in [0.4, 0.5) is 30.8 Å². The Morgan fingerprint density at radius 3 is 2.78 bits per heavy atom. The third kappa shape index (κ3) is 4.54. The van der Waals surface area contributed by atoms with E-state index in [1.807, 2.05) is 19.1 Å². The summed E-state index contributed by atoms with van der Waals surface area (Å²) in [5, 5.41) is 24.7. The second-order valence-electron chi connectivity index (χ2n) is 10.5. The molecule has 10 nitrogen and oxygen atoms in total. The van der Waals surface area contributed by atoms with Crippen LogP contribution in [-0.2, 0) is 14.3 Å². The highest BCUT2D eigenvalue weighted by Crippen LogP contribution is 2.57. The van der Waals surface area contributed by atoms with Crippen LogP contribution in [0.15, 0.2) is 18.2 Å². The van der Waals surface area contributed by atoms with Crippen LogP contribution in [-0.4, -0.2) is 68.4 Å². The van der Waals surface area contributed by atoms with Gasteiger partial charge in [-0.15, -0.1) is 0 Å². The molecule has 5 aliphatic rings. The number of aliphatic hydroxyl groups is 1. The molecule has 4 bridgehead atoms. The first-order valence-corrected chi connectivity index (χ1v) is 12.3. The number of carbonyl (C=O) groups is 1. The van der Waals surface area contributed by atoms with E-state index < -0.39 is 29.8 Å². The average Bonchev–Trinajstić information content (AvgIpc) is 3.49. The molecule has 3 heterocycles. The van der Waals surface area contributed by atoms with Crippen LogP contribution in [0.3, 0.4) is 0 Å². The van der Waals surface area contributed by atoms with E-state index in [-0.39, 0.29) is 30.2 Å². The number of anilines is 3. The number of H-pyrrole nitrogens is 1. The van der Waals surface area contributed by atoms with Gasteiger partial charge in [0.05, 0.1) is 18.9 Å². The minimum absolute atomic E-state index is 0.0185. The van der Waals surface area contributed by atoms with Crippen LogP contribution in [0, 0.1) is 24.7 Å². The van der Waals surface area contributed by atoms with Crippen molar-refractivity contribution in [1.29, 1.82) is 0 Å². The van der Waals surface area contributed by atoms with Crippen LogP contribution < -0.4 is 10.6 Å². The number of hydrogen-bond donors (Lipinski definition) is 4. The largest absolute Gasteiger partial charge is 0.490 e. The molecule has 198 valence electrons. The molecule has 6 atom stereocenters. The van der Waals surface area contributed by atoms with Gasteiger partial charge in [0.15, 0.2) is 5.82 Å². The van der Waals surface area contributed by atoms with Crippen molar-refractivity contribution >= 4 is 29.1 Å². The van der Waals surface area contributed by atoms with Gasteiger partial charge in [-0.1, -0.05) is 6.08 Å². The Balaban J connectivity index is 1.30. The zero-order chi connectivity index (χ0) is 25.9. The van der Waals surface area contributed by atoms with Gasteiger partial charge in [0.25, 0.3) is 0 Å². The number of halogens is 3. The van der Waals surface area contributed by atoms with E-state index in [4.69, 9.17) is 9.47 Å². The molecule has 0 radical (unpaired) electrons. The summed E-state index contributed by atoms with van der Waals surface area (Å²) in [6.45, 7) is 2.75. The lowest BCUT2D eigenvalue weighted by molar-refractivity contribution is -0.249. The number of nitrogens with one attached hydrogen (secondary N) is 3. The summed E-state index contributed by atoms with van der Waals surface area (Å²) in [4.78, 5) is 21.0. The molecule has 13 heteroatoms. The molecule has 4 N–H and O–H groups in total. The number of aromatic amines is 1. The lowest BCUT2D eigenvalue weighted by Crippen LogP contribution is -2.68. The fourth-order valence-corrected chi connectivity index (χ4v) is 6.58. The summed E-state index contributed by atoms with van der Waals surface area (Å²) in [5.74, 6) is -1.30. The van der Waals surface area contributed by atoms with Crippen molar-refractivity contribution in [3.05, 3.63) is 29.6 Å². The fourth-order valence-electron chi connectivity index (χ4n) is 6.58. The third-order valence-electron chi connectivity index (χ3n) is 7.87. The Bertz CT molecular complexity index is 1250. The molecule has 0 saturated heterocycles. The van der Waals surface area contributed by atoms with Crippen LogP contribution in [0.25, 0.3) is 5.57 Å². The van der Waals surface area contributed by atoms with E-state index >= 15 is 0 Å². The van der Waals surface area contributed by atoms with Gasteiger partial charge < -0.3 is 25.2 Å². The van der Waals surface area contributed by atoms with Gasteiger partial charge in [-0.05, 0) is 44.4 Å². The van der Waals surface area contributed by atoms with Gasteiger partial charge in [-0.3, -0.25) is 5.10 Å². The van der Waals surface area contributed by atoms with Crippen molar-refractivity contribution in [2.45, 2.75) is 56.5 Å². The van der Waals surface area contributed by atoms with Crippen LogP contribution in [0.1, 0.15) is 37.1 Å². The molecule has 4 saturated carbocycles. The second kappa shape index (κ2) is 8.69. The maximum absolute atomic E-state index is 13.0. The lowest BCUT2D eigenvalue weighted by atomic mass is 9.51. The smallest absolute Gasteiger partial charge is 0.452 e. The third-order valence-corrected chi connectivity index (χ3v) is 7.87. The molecule has 1 aliphatic heterocycles. The molecule has 4 aliphatic carbocycles. The first kappa shape index (κ1) is 24.2. The molecule has 2 aromatic rings. The SMILES string of the molecule is Cc1cc(Nc2cc(C3=CCOC3)nc(NC3C4CC5CC3C(OC(=O)C(F)(F)F)C(O)(C5)C4)n2)n[nH]1. The van der Waals surface area contributed by atoms with E-state index in [2.05, 4.69) is 30.8 Å². The predicted octanol–water partition coefficient (Wildman–Crippen LogP) is 3.10. The predicted molar refractivity (Wildman–Crippen MR) is 125 cm³/mol. The van der Waals surface area contributed by atoms with Crippen molar-refractivity contribution in [3.63, 3.8) is 0 Å². The zero-order valence-corrected chi connectivity index (χ0v) is 20.0. The maximum atomic E-state index is 13.0. The molecule has 4 fully saturated rings. The van der Waals surface area contributed by atoms with Crippen LogP contribution >= 0.6 is 0 Å². The maximum Gasteiger partial charge on any atom is 0.490 e. The number of nitrogens with zero attached hydrogens (tertiary/aromatic N) is 3.